The highest BCUT2D eigenvalue weighted by Crippen LogP contribution is 2.21. The molecule has 2 aromatic carbocycles. The molecule has 2 aromatic rings. The molecule has 3 rings (SSSR count). The Bertz CT molecular complexity index is 1080. The number of nitrogens with zero attached hydrogens (tertiary/aromatic N) is 2. The lowest BCUT2D eigenvalue weighted by atomic mass is 10.1. The minimum atomic E-state index is -3.46. The Kier molecular flexibility index (Phi) is 9.01. The van der Waals surface area contributed by atoms with E-state index in [1.54, 1.807) is 42.2 Å². The lowest BCUT2D eigenvalue weighted by molar-refractivity contribution is -0.140. The first-order valence-corrected chi connectivity index (χ1v) is 13.1. The quantitative estimate of drug-likeness (QED) is 0.498. The smallest absolute Gasteiger partial charge is 0.243 e. The second-order valence-corrected chi connectivity index (χ2v) is 10.4. The van der Waals surface area contributed by atoms with Crippen molar-refractivity contribution < 1.29 is 18.0 Å². The molecule has 1 saturated heterocycles. The highest BCUT2D eigenvalue weighted by atomic mass is 32.2. The highest BCUT2D eigenvalue weighted by molar-refractivity contribution is 7.89. The number of nitrogens with one attached hydrogen (secondary N) is 1. The van der Waals surface area contributed by atoms with Crippen molar-refractivity contribution in [2.45, 2.75) is 50.1 Å². The average Bonchev–Trinajstić information content (AvgIpc) is 3.41. The van der Waals surface area contributed by atoms with E-state index in [1.165, 1.54) is 4.31 Å². The molecule has 0 radical (unpaired) electrons. The monoisotopic (exact) mass is 483 g/mol. The number of rotatable bonds is 11. The molecule has 8 heteroatoms. The van der Waals surface area contributed by atoms with Gasteiger partial charge in [0.1, 0.15) is 6.04 Å². The summed E-state index contributed by atoms with van der Waals surface area (Å²) >= 11 is 0. The fraction of sp³-hybridized carbons (Fsp3) is 0.385. The third kappa shape index (κ3) is 6.55. The van der Waals surface area contributed by atoms with Crippen LogP contribution in [0.4, 0.5) is 0 Å². The normalized spacial score (nSPS) is 15.0. The maximum absolute atomic E-state index is 13.2. The highest BCUT2D eigenvalue weighted by Gasteiger charge is 2.28. The zero-order chi connectivity index (χ0) is 24.6. The fourth-order valence-corrected chi connectivity index (χ4v) is 5.50. The summed E-state index contributed by atoms with van der Waals surface area (Å²) < 4.78 is 26.9. The first-order valence-electron chi connectivity index (χ1n) is 11.6. The van der Waals surface area contributed by atoms with Crippen molar-refractivity contribution in [1.82, 2.24) is 14.5 Å². The van der Waals surface area contributed by atoms with Crippen LogP contribution in [0, 0.1) is 0 Å². The molecule has 0 spiro atoms. The van der Waals surface area contributed by atoms with Crippen molar-refractivity contribution in [3.63, 3.8) is 0 Å². The summed E-state index contributed by atoms with van der Waals surface area (Å²) in [6, 6.07) is 15.7. The van der Waals surface area contributed by atoms with Gasteiger partial charge in [-0.2, -0.15) is 4.31 Å². The third-order valence-corrected chi connectivity index (χ3v) is 7.95. The number of aryl methyl sites for hydroxylation is 1. The van der Waals surface area contributed by atoms with Gasteiger partial charge in [0.15, 0.2) is 0 Å². The zero-order valence-corrected chi connectivity index (χ0v) is 20.5. The molecule has 0 aromatic heterocycles. The third-order valence-electron chi connectivity index (χ3n) is 6.04. The summed E-state index contributed by atoms with van der Waals surface area (Å²) in [4.78, 5) is 27.6. The standard InChI is InChI=1S/C26H33N3O4S/c1-3-17-27-26(31)21(2)29(20-23-9-5-4-6-10-23)25(30)16-13-22-11-14-24(15-12-22)34(32,33)28-18-7-8-19-28/h3-6,9-12,14-15,21H,1,7-8,13,16-20H2,2H3,(H,27,31). The molecule has 1 atom stereocenters. The number of carbonyl (C=O) groups excluding carboxylic acids is 2. The Morgan fingerprint density at radius 2 is 1.71 bits per heavy atom. The molecule has 1 unspecified atom stereocenters. The first-order chi connectivity index (χ1) is 16.3. The molecule has 1 fully saturated rings. The average molecular weight is 484 g/mol. The number of amides is 2. The lowest BCUT2D eigenvalue weighted by Crippen LogP contribution is -2.47. The molecule has 1 heterocycles. The van der Waals surface area contributed by atoms with Gasteiger partial charge in [-0.05, 0) is 49.4 Å². The summed E-state index contributed by atoms with van der Waals surface area (Å²) in [6.07, 6.45) is 4.05. The van der Waals surface area contributed by atoms with E-state index in [-0.39, 0.29) is 23.1 Å². The van der Waals surface area contributed by atoms with Gasteiger partial charge in [-0.1, -0.05) is 48.5 Å². The van der Waals surface area contributed by atoms with Gasteiger partial charge in [-0.15, -0.1) is 6.58 Å². The van der Waals surface area contributed by atoms with Crippen molar-refractivity contribution in [3.8, 4) is 0 Å². The van der Waals surface area contributed by atoms with E-state index in [9.17, 15) is 18.0 Å². The van der Waals surface area contributed by atoms with Crippen LogP contribution in [0.3, 0.4) is 0 Å². The van der Waals surface area contributed by atoms with Crippen LogP contribution in [0.1, 0.15) is 37.3 Å². The zero-order valence-electron chi connectivity index (χ0n) is 19.7. The molecule has 0 bridgehead atoms. The minimum absolute atomic E-state index is 0.140. The molecule has 0 aliphatic carbocycles. The van der Waals surface area contributed by atoms with E-state index in [4.69, 9.17) is 0 Å². The van der Waals surface area contributed by atoms with Crippen LogP contribution in [-0.4, -0.2) is 55.1 Å². The maximum atomic E-state index is 13.2. The summed E-state index contributed by atoms with van der Waals surface area (Å²) in [5.41, 5.74) is 1.81. The van der Waals surface area contributed by atoms with Crippen LogP contribution in [0.2, 0.25) is 0 Å². The van der Waals surface area contributed by atoms with Gasteiger partial charge < -0.3 is 10.2 Å². The molecule has 2 amide bonds. The van der Waals surface area contributed by atoms with Crippen LogP contribution in [-0.2, 0) is 32.6 Å². The second-order valence-electron chi connectivity index (χ2n) is 8.47. The van der Waals surface area contributed by atoms with Gasteiger partial charge in [0.25, 0.3) is 0 Å². The van der Waals surface area contributed by atoms with Crippen LogP contribution in [0.15, 0.2) is 72.1 Å². The molecule has 1 aliphatic heterocycles. The van der Waals surface area contributed by atoms with Crippen molar-refractivity contribution in [1.29, 1.82) is 0 Å². The first kappa shape index (κ1) is 25.6. The molecule has 34 heavy (non-hydrogen) atoms. The Labute approximate surface area is 202 Å². The fourth-order valence-electron chi connectivity index (χ4n) is 3.98. The Morgan fingerprint density at radius 1 is 1.06 bits per heavy atom. The van der Waals surface area contributed by atoms with Crippen molar-refractivity contribution >= 4 is 21.8 Å². The van der Waals surface area contributed by atoms with Gasteiger partial charge in [0.05, 0.1) is 4.90 Å². The molecule has 1 N–H and O–H groups in total. The van der Waals surface area contributed by atoms with Gasteiger partial charge in [-0.3, -0.25) is 9.59 Å². The SMILES string of the molecule is C=CCNC(=O)C(C)N(Cc1ccccc1)C(=O)CCc1ccc(S(=O)(=O)N2CCCC2)cc1. The molecule has 7 nitrogen and oxygen atoms in total. The van der Waals surface area contributed by atoms with Gasteiger partial charge in [0.2, 0.25) is 21.8 Å². The van der Waals surface area contributed by atoms with Gasteiger partial charge in [0, 0.05) is 32.6 Å². The Morgan fingerprint density at radius 3 is 2.32 bits per heavy atom. The second kappa shape index (κ2) is 11.9. The van der Waals surface area contributed by atoms with E-state index < -0.39 is 16.1 Å². The van der Waals surface area contributed by atoms with Crippen LogP contribution < -0.4 is 5.32 Å². The number of benzene rings is 2. The van der Waals surface area contributed by atoms with Crippen LogP contribution >= 0.6 is 0 Å². The van der Waals surface area contributed by atoms with Gasteiger partial charge in [-0.25, -0.2) is 8.42 Å². The van der Waals surface area contributed by atoms with Crippen molar-refractivity contribution in [2.24, 2.45) is 0 Å². The van der Waals surface area contributed by atoms with E-state index >= 15 is 0 Å². The predicted molar refractivity (Wildman–Crippen MR) is 132 cm³/mol. The maximum Gasteiger partial charge on any atom is 0.243 e. The molecule has 1 aliphatic rings. The Balaban J connectivity index is 1.67. The molecular weight excluding hydrogens is 450 g/mol. The summed E-state index contributed by atoms with van der Waals surface area (Å²) in [6.45, 7) is 7.12. The van der Waals surface area contributed by atoms with E-state index in [0.29, 0.717) is 32.6 Å². The lowest BCUT2D eigenvalue weighted by Gasteiger charge is -2.29. The van der Waals surface area contributed by atoms with Crippen LogP contribution in [0.5, 0.6) is 0 Å². The summed E-state index contributed by atoms with van der Waals surface area (Å²) in [5, 5.41) is 2.76. The van der Waals surface area contributed by atoms with Crippen LogP contribution in [0.25, 0.3) is 0 Å². The number of hydrogen-bond donors (Lipinski definition) is 1. The van der Waals surface area contributed by atoms with Crippen molar-refractivity contribution in [3.05, 3.63) is 78.4 Å². The number of carbonyl (C=O) groups is 2. The predicted octanol–water partition coefficient (Wildman–Crippen LogP) is 3.12. The van der Waals surface area contributed by atoms with Crippen molar-refractivity contribution in [2.75, 3.05) is 19.6 Å². The number of hydrogen-bond acceptors (Lipinski definition) is 4. The van der Waals surface area contributed by atoms with Gasteiger partial charge >= 0.3 is 0 Å². The largest absolute Gasteiger partial charge is 0.351 e. The van der Waals surface area contributed by atoms with E-state index in [1.807, 2.05) is 30.3 Å². The number of sulfonamides is 1. The Hall–Kier alpha value is -2.97. The molecule has 0 saturated carbocycles. The summed E-state index contributed by atoms with van der Waals surface area (Å²) in [5.74, 6) is -0.375. The van der Waals surface area contributed by atoms with E-state index in [0.717, 1.165) is 24.0 Å². The topological polar surface area (TPSA) is 86.8 Å². The molecular formula is C26H33N3O4S. The van der Waals surface area contributed by atoms with E-state index in [2.05, 4.69) is 11.9 Å². The summed E-state index contributed by atoms with van der Waals surface area (Å²) in [7, 11) is -3.46. The molecule has 182 valence electrons. The minimum Gasteiger partial charge on any atom is -0.351 e.